The van der Waals surface area contributed by atoms with E-state index in [2.05, 4.69) is 10.4 Å². The van der Waals surface area contributed by atoms with Gasteiger partial charge in [0.05, 0.1) is 11.4 Å². The average Bonchev–Trinajstić information content (AvgIpc) is 3.11. The van der Waals surface area contributed by atoms with Crippen LogP contribution in [0, 0.1) is 6.92 Å². The lowest BCUT2D eigenvalue weighted by Crippen LogP contribution is -2.20. The van der Waals surface area contributed by atoms with Gasteiger partial charge < -0.3 is 9.73 Å². The molecule has 0 bridgehead atoms. The van der Waals surface area contributed by atoms with Crippen molar-refractivity contribution in [2.75, 3.05) is 7.05 Å². The Kier molecular flexibility index (Phi) is 3.39. The van der Waals surface area contributed by atoms with Crippen molar-refractivity contribution < 1.29 is 4.42 Å². The number of aromatic nitrogens is 2. The maximum absolute atomic E-state index is 5.75. The van der Waals surface area contributed by atoms with E-state index in [9.17, 15) is 0 Å². The topological polar surface area (TPSA) is 43.0 Å². The number of nitrogens with one attached hydrogen (secondary N) is 1. The molecule has 0 aliphatic heterocycles. The Bertz CT molecular complexity index is 685. The van der Waals surface area contributed by atoms with E-state index in [0.717, 1.165) is 22.9 Å². The summed E-state index contributed by atoms with van der Waals surface area (Å²) in [4.78, 5) is 0. The van der Waals surface area contributed by atoms with E-state index in [4.69, 9.17) is 4.42 Å². The second-order valence-corrected chi connectivity index (χ2v) is 4.67. The molecule has 1 N–H and O–H groups in total. The van der Waals surface area contributed by atoms with Gasteiger partial charge in [0, 0.05) is 6.20 Å². The van der Waals surface area contributed by atoms with Crippen molar-refractivity contribution in [3.8, 4) is 5.69 Å². The molecule has 1 aromatic carbocycles. The average molecular weight is 267 g/mol. The van der Waals surface area contributed by atoms with Crippen LogP contribution >= 0.6 is 0 Å². The summed E-state index contributed by atoms with van der Waals surface area (Å²) in [5, 5.41) is 7.71. The van der Waals surface area contributed by atoms with Gasteiger partial charge in [-0.2, -0.15) is 5.10 Å². The first kappa shape index (κ1) is 12.7. The Balaban J connectivity index is 2.04. The fourth-order valence-corrected chi connectivity index (χ4v) is 2.36. The number of hydrogen-bond donors (Lipinski definition) is 1. The first-order valence-corrected chi connectivity index (χ1v) is 6.62. The van der Waals surface area contributed by atoms with E-state index in [1.54, 1.807) is 0 Å². The molecule has 4 heteroatoms. The molecule has 1 atom stereocenters. The first-order valence-electron chi connectivity index (χ1n) is 6.62. The molecule has 0 amide bonds. The first-order chi connectivity index (χ1) is 9.79. The van der Waals surface area contributed by atoms with Crippen molar-refractivity contribution >= 4 is 0 Å². The fourth-order valence-electron chi connectivity index (χ4n) is 2.36. The van der Waals surface area contributed by atoms with Crippen molar-refractivity contribution in [3.63, 3.8) is 0 Å². The van der Waals surface area contributed by atoms with Crippen molar-refractivity contribution in [2.24, 2.45) is 0 Å². The Hall–Kier alpha value is -2.33. The van der Waals surface area contributed by atoms with Gasteiger partial charge >= 0.3 is 0 Å². The molecule has 2 aromatic heterocycles. The third-order valence-electron chi connectivity index (χ3n) is 3.30. The van der Waals surface area contributed by atoms with Crippen LogP contribution in [0.25, 0.3) is 5.69 Å². The molecule has 0 radical (unpaired) electrons. The normalized spacial score (nSPS) is 12.5. The van der Waals surface area contributed by atoms with Gasteiger partial charge in [0.1, 0.15) is 17.6 Å². The summed E-state index contributed by atoms with van der Waals surface area (Å²) in [6, 6.07) is 16.0. The molecule has 1 unspecified atom stereocenters. The molecule has 0 aliphatic rings. The molecule has 0 saturated heterocycles. The van der Waals surface area contributed by atoms with E-state index in [0.29, 0.717) is 0 Å². The zero-order valence-corrected chi connectivity index (χ0v) is 11.6. The van der Waals surface area contributed by atoms with Gasteiger partial charge in [-0.15, -0.1) is 0 Å². The standard InChI is InChI=1S/C16H17N3O/c1-12-8-9-15(20-12)16(17-2)14-10-11-18-19(14)13-6-4-3-5-7-13/h3-11,16-17H,1-2H3. The highest BCUT2D eigenvalue weighted by atomic mass is 16.3. The Morgan fingerprint density at radius 2 is 1.90 bits per heavy atom. The van der Waals surface area contributed by atoms with Crippen LogP contribution in [0.3, 0.4) is 0 Å². The molecule has 3 rings (SSSR count). The zero-order chi connectivity index (χ0) is 13.9. The van der Waals surface area contributed by atoms with Gasteiger partial charge in [0.2, 0.25) is 0 Å². The van der Waals surface area contributed by atoms with Gasteiger partial charge in [-0.1, -0.05) is 18.2 Å². The summed E-state index contributed by atoms with van der Waals surface area (Å²) >= 11 is 0. The van der Waals surface area contributed by atoms with Crippen LogP contribution in [-0.2, 0) is 0 Å². The summed E-state index contributed by atoms with van der Waals surface area (Å²) in [5.74, 6) is 1.80. The molecule has 0 spiro atoms. The Morgan fingerprint density at radius 3 is 2.55 bits per heavy atom. The largest absolute Gasteiger partial charge is 0.464 e. The van der Waals surface area contributed by atoms with Crippen LogP contribution in [0.5, 0.6) is 0 Å². The Morgan fingerprint density at radius 1 is 1.10 bits per heavy atom. The maximum Gasteiger partial charge on any atom is 0.127 e. The number of aryl methyl sites for hydroxylation is 1. The summed E-state index contributed by atoms with van der Waals surface area (Å²) in [7, 11) is 1.92. The predicted octanol–water partition coefficient (Wildman–Crippen LogP) is 3.08. The summed E-state index contributed by atoms with van der Waals surface area (Å²) in [6.45, 7) is 1.95. The van der Waals surface area contributed by atoms with Gasteiger partial charge in [0.15, 0.2) is 0 Å². The third kappa shape index (κ3) is 2.26. The molecule has 2 heterocycles. The number of furan rings is 1. The van der Waals surface area contributed by atoms with Crippen LogP contribution in [0.2, 0.25) is 0 Å². The van der Waals surface area contributed by atoms with E-state index < -0.39 is 0 Å². The maximum atomic E-state index is 5.75. The second-order valence-electron chi connectivity index (χ2n) is 4.67. The molecule has 0 aliphatic carbocycles. The summed E-state index contributed by atoms with van der Waals surface area (Å²) in [5.41, 5.74) is 2.09. The number of para-hydroxylation sites is 1. The molecule has 102 valence electrons. The second kappa shape index (κ2) is 5.35. The van der Waals surface area contributed by atoms with Crippen molar-refractivity contribution in [1.82, 2.24) is 15.1 Å². The van der Waals surface area contributed by atoms with Gasteiger partial charge in [-0.25, -0.2) is 4.68 Å². The lowest BCUT2D eigenvalue weighted by atomic mass is 10.1. The van der Waals surface area contributed by atoms with Crippen LogP contribution in [0.1, 0.15) is 23.3 Å². The quantitative estimate of drug-likeness (QED) is 0.790. The van der Waals surface area contributed by atoms with Crippen LogP contribution < -0.4 is 5.32 Å². The SMILES string of the molecule is CNC(c1ccc(C)o1)c1ccnn1-c1ccccc1. The van der Waals surface area contributed by atoms with Gasteiger partial charge in [0.25, 0.3) is 0 Å². The van der Waals surface area contributed by atoms with Crippen LogP contribution in [0.4, 0.5) is 0 Å². The molecular weight excluding hydrogens is 250 g/mol. The summed E-state index contributed by atoms with van der Waals surface area (Å²) < 4.78 is 7.68. The number of rotatable bonds is 4. The summed E-state index contributed by atoms with van der Waals surface area (Å²) in [6.07, 6.45) is 1.81. The predicted molar refractivity (Wildman–Crippen MR) is 77.9 cm³/mol. The number of hydrogen-bond acceptors (Lipinski definition) is 3. The van der Waals surface area contributed by atoms with Crippen LogP contribution in [0.15, 0.2) is 59.1 Å². The zero-order valence-electron chi connectivity index (χ0n) is 11.6. The van der Waals surface area contributed by atoms with Crippen molar-refractivity contribution in [1.29, 1.82) is 0 Å². The third-order valence-corrected chi connectivity index (χ3v) is 3.30. The fraction of sp³-hybridized carbons (Fsp3) is 0.188. The van der Waals surface area contributed by atoms with Crippen molar-refractivity contribution in [3.05, 3.63) is 71.9 Å². The molecule has 0 fully saturated rings. The number of nitrogens with zero attached hydrogens (tertiary/aromatic N) is 2. The molecule has 4 nitrogen and oxygen atoms in total. The molecule has 3 aromatic rings. The number of benzene rings is 1. The highest BCUT2D eigenvalue weighted by Crippen LogP contribution is 2.25. The van der Waals surface area contributed by atoms with E-state index >= 15 is 0 Å². The Labute approximate surface area is 118 Å². The highest BCUT2D eigenvalue weighted by molar-refractivity contribution is 5.34. The molecular formula is C16H17N3O. The van der Waals surface area contributed by atoms with E-state index in [1.165, 1.54) is 0 Å². The molecule has 0 saturated carbocycles. The lowest BCUT2D eigenvalue weighted by molar-refractivity contribution is 0.436. The van der Waals surface area contributed by atoms with Gasteiger partial charge in [-0.3, -0.25) is 0 Å². The monoisotopic (exact) mass is 267 g/mol. The minimum absolute atomic E-state index is 0.0218. The van der Waals surface area contributed by atoms with E-state index in [1.807, 2.05) is 73.4 Å². The van der Waals surface area contributed by atoms with Crippen LogP contribution in [-0.4, -0.2) is 16.8 Å². The minimum atomic E-state index is -0.0218. The van der Waals surface area contributed by atoms with Crippen molar-refractivity contribution in [2.45, 2.75) is 13.0 Å². The van der Waals surface area contributed by atoms with Gasteiger partial charge in [-0.05, 0) is 44.3 Å². The lowest BCUT2D eigenvalue weighted by Gasteiger charge is -2.16. The highest BCUT2D eigenvalue weighted by Gasteiger charge is 2.20. The smallest absolute Gasteiger partial charge is 0.127 e. The minimum Gasteiger partial charge on any atom is -0.464 e. The van der Waals surface area contributed by atoms with E-state index in [-0.39, 0.29) is 6.04 Å². The molecule has 20 heavy (non-hydrogen) atoms.